The van der Waals surface area contributed by atoms with Crippen LogP contribution in [0.25, 0.3) is 0 Å². The fraction of sp³-hybridized carbons (Fsp3) is 0.333. The molecule has 0 aliphatic rings. The van der Waals surface area contributed by atoms with Gasteiger partial charge in [0.05, 0.1) is 15.6 Å². The van der Waals surface area contributed by atoms with Crippen LogP contribution in [0, 0.1) is 6.92 Å². The van der Waals surface area contributed by atoms with E-state index in [1.807, 2.05) is 65.0 Å². The van der Waals surface area contributed by atoms with Gasteiger partial charge in [-0.05, 0) is 70.0 Å². The van der Waals surface area contributed by atoms with Crippen LogP contribution >= 0.6 is 23.2 Å². The molecule has 3 aromatic rings. The lowest BCUT2D eigenvalue weighted by Crippen LogP contribution is -2.55. The molecule has 0 fully saturated rings. The van der Waals surface area contributed by atoms with E-state index in [9.17, 15) is 18.0 Å². The molecule has 3 rings (SSSR count). The molecule has 214 valence electrons. The van der Waals surface area contributed by atoms with E-state index < -0.39 is 34.1 Å². The number of rotatable bonds is 10. The van der Waals surface area contributed by atoms with Crippen molar-refractivity contribution in [2.45, 2.75) is 64.1 Å². The third-order valence-electron chi connectivity index (χ3n) is 6.14. The zero-order chi connectivity index (χ0) is 29.7. The van der Waals surface area contributed by atoms with Crippen LogP contribution in [0.15, 0.2) is 77.7 Å². The molecule has 0 aliphatic carbocycles. The highest BCUT2D eigenvalue weighted by Crippen LogP contribution is 2.33. The molecular weight excluding hydrogens is 569 g/mol. The molecule has 0 saturated carbocycles. The number of anilines is 1. The monoisotopic (exact) mass is 603 g/mol. The Morgan fingerprint density at radius 2 is 1.57 bits per heavy atom. The van der Waals surface area contributed by atoms with Crippen molar-refractivity contribution in [1.82, 2.24) is 10.2 Å². The van der Waals surface area contributed by atoms with Crippen molar-refractivity contribution in [3.63, 3.8) is 0 Å². The number of benzene rings is 3. The fourth-order valence-corrected chi connectivity index (χ4v) is 6.04. The average Bonchev–Trinajstić information content (AvgIpc) is 2.88. The van der Waals surface area contributed by atoms with E-state index in [2.05, 4.69) is 5.32 Å². The highest BCUT2D eigenvalue weighted by atomic mass is 35.5. The first-order valence-electron chi connectivity index (χ1n) is 12.9. The molecule has 0 aromatic heterocycles. The standard InChI is InChI=1S/C30H35Cl2N3O4S/c1-6-26(29(37)33-30(3,4)5)34(19-22-10-8-7-9-11-22)28(36)20-35(27-18-23(31)14-17-25(27)32)40(38,39)24-15-12-21(2)13-16-24/h7-18,26H,6,19-20H2,1-5H3,(H,33,37)/t26-/m1/s1. The number of hydrogen-bond donors (Lipinski definition) is 1. The van der Waals surface area contributed by atoms with Crippen LogP contribution in [-0.2, 0) is 26.2 Å². The Kier molecular flexibility index (Phi) is 10.3. The lowest BCUT2D eigenvalue weighted by molar-refractivity contribution is -0.141. The Morgan fingerprint density at radius 3 is 2.15 bits per heavy atom. The molecule has 0 bridgehead atoms. The quantitative estimate of drug-likeness (QED) is 0.298. The average molecular weight is 605 g/mol. The molecular formula is C30H35Cl2N3O4S. The largest absolute Gasteiger partial charge is 0.350 e. The first-order chi connectivity index (χ1) is 18.7. The van der Waals surface area contributed by atoms with Crippen molar-refractivity contribution in [3.05, 3.63) is 94.0 Å². The van der Waals surface area contributed by atoms with Gasteiger partial charge in [-0.25, -0.2) is 8.42 Å². The molecule has 0 heterocycles. The number of carbonyl (C=O) groups is 2. The highest BCUT2D eigenvalue weighted by molar-refractivity contribution is 7.92. The van der Waals surface area contributed by atoms with Gasteiger partial charge in [0, 0.05) is 17.1 Å². The molecule has 7 nitrogen and oxygen atoms in total. The maximum atomic E-state index is 14.1. The Labute approximate surface area is 247 Å². The van der Waals surface area contributed by atoms with Crippen LogP contribution < -0.4 is 9.62 Å². The Hall–Kier alpha value is -3.07. The number of aryl methyl sites for hydroxylation is 1. The van der Waals surface area contributed by atoms with Crippen LogP contribution in [-0.4, -0.2) is 43.3 Å². The van der Waals surface area contributed by atoms with Crippen molar-refractivity contribution in [2.75, 3.05) is 10.8 Å². The predicted octanol–water partition coefficient (Wildman–Crippen LogP) is 6.22. The molecule has 0 aliphatic heterocycles. The zero-order valence-corrected chi connectivity index (χ0v) is 25.6. The van der Waals surface area contributed by atoms with Gasteiger partial charge in [-0.2, -0.15) is 0 Å². The molecule has 0 spiro atoms. The van der Waals surface area contributed by atoms with Gasteiger partial charge in [0.15, 0.2) is 0 Å². The van der Waals surface area contributed by atoms with E-state index in [1.165, 1.54) is 35.2 Å². The van der Waals surface area contributed by atoms with E-state index >= 15 is 0 Å². The summed E-state index contributed by atoms with van der Waals surface area (Å²) in [6.45, 7) is 8.75. The third kappa shape index (κ3) is 7.99. The van der Waals surface area contributed by atoms with E-state index in [-0.39, 0.29) is 33.1 Å². The molecule has 10 heteroatoms. The summed E-state index contributed by atoms with van der Waals surface area (Å²) in [4.78, 5) is 28.9. The van der Waals surface area contributed by atoms with Gasteiger partial charge < -0.3 is 10.2 Å². The van der Waals surface area contributed by atoms with Crippen LogP contribution in [0.3, 0.4) is 0 Å². The van der Waals surface area contributed by atoms with Crippen molar-refractivity contribution in [2.24, 2.45) is 0 Å². The zero-order valence-electron chi connectivity index (χ0n) is 23.3. The summed E-state index contributed by atoms with van der Waals surface area (Å²) in [5, 5.41) is 3.32. The summed E-state index contributed by atoms with van der Waals surface area (Å²) < 4.78 is 28.9. The molecule has 0 radical (unpaired) electrons. The molecule has 1 N–H and O–H groups in total. The van der Waals surface area contributed by atoms with E-state index in [4.69, 9.17) is 23.2 Å². The van der Waals surface area contributed by atoms with Crippen molar-refractivity contribution >= 4 is 50.7 Å². The summed E-state index contributed by atoms with van der Waals surface area (Å²) in [6.07, 6.45) is 0.323. The maximum absolute atomic E-state index is 14.1. The van der Waals surface area contributed by atoms with Gasteiger partial charge in [-0.3, -0.25) is 13.9 Å². The molecule has 40 heavy (non-hydrogen) atoms. The second-order valence-electron chi connectivity index (χ2n) is 10.6. The lowest BCUT2D eigenvalue weighted by atomic mass is 10.1. The summed E-state index contributed by atoms with van der Waals surface area (Å²) >= 11 is 12.7. The second-order valence-corrected chi connectivity index (χ2v) is 13.3. The normalized spacial score (nSPS) is 12.5. The third-order valence-corrected chi connectivity index (χ3v) is 8.47. The summed E-state index contributed by atoms with van der Waals surface area (Å²) in [5.41, 5.74) is 1.22. The second kappa shape index (κ2) is 13.1. The fourth-order valence-electron chi connectivity index (χ4n) is 4.18. The van der Waals surface area contributed by atoms with Gasteiger partial charge in [0.25, 0.3) is 10.0 Å². The summed E-state index contributed by atoms with van der Waals surface area (Å²) in [6, 6.07) is 19.1. The van der Waals surface area contributed by atoms with Gasteiger partial charge in [0.2, 0.25) is 11.8 Å². The topological polar surface area (TPSA) is 86.8 Å². The first-order valence-corrected chi connectivity index (χ1v) is 15.1. The molecule has 1 atom stereocenters. The highest BCUT2D eigenvalue weighted by Gasteiger charge is 2.35. The van der Waals surface area contributed by atoms with Crippen molar-refractivity contribution in [3.8, 4) is 0 Å². The Morgan fingerprint density at radius 1 is 0.950 bits per heavy atom. The molecule has 2 amide bonds. The van der Waals surface area contributed by atoms with Crippen LogP contribution in [0.1, 0.15) is 45.2 Å². The maximum Gasteiger partial charge on any atom is 0.264 e. The first kappa shape index (κ1) is 31.5. The van der Waals surface area contributed by atoms with Crippen molar-refractivity contribution < 1.29 is 18.0 Å². The van der Waals surface area contributed by atoms with Crippen LogP contribution in [0.5, 0.6) is 0 Å². The molecule has 0 unspecified atom stereocenters. The van der Waals surface area contributed by atoms with Gasteiger partial charge in [0.1, 0.15) is 12.6 Å². The molecule has 0 saturated heterocycles. The number of amides is 2. The van der Waals surface area contributed by atoms with Gasteiger partial charge in [-0.1, -0.05) is 78.2 Å². The minimum Gasteiger partial charge on any atom is -0.350 e. The minimum atomic E-state index is -4.25. The lowest BCUT2D eigenvalue weighted by Gasteiger charge is -2.35. The molecule has 3 aromatic carbocycles. The van der Waals surface area contributed by atoms with Crippen LogP contribution in [0.2, 0.25) is 10.0 Å². The SMILES string of the molecule is CC[C@H](C(=O)NC(C)(C)C)N(Cc1ccccc1)C(=O)CN(c1cc(Cl)ccc1Cl)S(=O)(=O)c1ccc(C)cc1. The number of hydrogen-bond acceptors (Lipinski definition) is 4. The number of halogens is 2. The van der Waals surface area contributed by atoms with Crippen LogP contribution in [0.4, 0.5) is 5.69 Å². The van der Waals surface area contributed by atoms with Gasteiger partial charge in [-0.15, -0.1) is 0 Å². The number of nitrogens with zero attached hydrogens (tertiary/aromatic N) is 2. The summed E-state index contributed by atoms with van der Waals surface area (Å²) in [7, 11) is -4.25. The van der Waals surface area contributed by atoms with Gasteiger partial charge >= 0.3 is 0 Å². The Balaban J connectivity index is 2.10. The van der Waals surface area contributed by atoms with Crippen molar-refractivity contribution in [1.29, 1.82) is 0 Å². The minimum absolute atomic E-state index is 0.00549. The Bertz CT molecular complexity index is 1440. The summed E-state index contributed by atoms with van der Waals surface area (Å²) in [5.74, 6) is -0.889. The predicted molar refractivity (Wildman–Crippen MR) is 161 cm³/mol. The van der Waals surface area contributed by atoms with E-state index in [1.54, 1.807) is 12.1 Å². The number of nitrogens with one attached hydrogen (secondary N) is 1. The van der Waals surface area contributed by atoms with E-state index in [0.717, 1.165) is 15.4 Å². The number of sulfonamides is 1. The van der Waals surface area contributed by atoms with E-state index in [0.29, 0.717) is 6.42 Å². The number of carbonyl (C=O) groups excluding carboxylic acids is 2. The smallest absolute Gasteiger partial charge is 0.264 e.